The van der Waals surface area contributed by atoms with E-state index in [0.717, 1.165) is 4.47 Å². The number of phenols is 1. The van der Waals surface area contributed by atoms with Crippen molar-refractivity contribution >= 4 is 44.6 Å². The van der Waals surface area contributed by atoms with E-state index in [-0.39, 0.29) is 17.1 Å². The molecule has 0 unspecified atom stereocenters. The molecule has 0 saturated carbocycles. The minimum Gasteiger partial charge on any atom is -0.507 e. The number of carbonyl (C=O) groups excluding carboxylic acids is 1. The zero-order chi connectivity index (χ0) is 10.6. The van der Waals surface area contributed by atoms with E-state index in [2.05, 4.69) is 19.5 Å². The first-order chi connectivity index (χ1) is 6.65. The first-order valence-corrected chi connectivity index (χ1v) is 5.58. The fourth-order valence-corrected chi connectivity index (χ4v) is 1.44. The first-order valence-electron chi connectivity index (χ1n) is 3.70. The molecule has 1 rings (SSSR count). The van der Waals surface area contributed by atoms with E-state index in [1.165, 1.54) is 18.3 Å². The van der Waals surface area contributed by atoms with Gasteiger partial charge in [-0.25, -0.2) is 0 Å². The summed E-state index contributed by atoms with van der Waals surface area (Å²) in [7, 11) is 0. The number of allylic oxidation sites excluding steroid dienone is 1. The minimum atomic E-state index is -0.237. The second-order valence-electron chi connectivity index (χ2n) is 2.47. The predicted octanol–water partition coefficient (Wildman–Crippen LogP) is 2.79. The van der Waals surface area contributed by atoms with E-state index < -0.39 is 0 Å². The lowest BCUT2D eigenvalue weighted by Gasteiger charge is -2.00. The molecule has 74 valence electrons. The number of rotatable bonds is 3. The lowest BCUT2D eigenvalue weighted by molar-refractivity contribution is 0.104. The van der Waals surface area contributed by atoms with Gasteiger partial charge in [-0.2, -0.15) is 0 Å². The number of nitrogens with one attached hydrogen (secondary N) is 1. The third-order valence-electron chi connectivity index (χ3n) is 1.52. The van der Waals surface area contributed by atoms with Gasteiger partial charge in [-0.3, -0.25) is 4.79 Å². The van der Waals surface area contributed by atoms with Gasteiger partial charge in [0.15, 0.2) is 5.78 Å². The molecule has 0 fully saturated rings. The number of carbonyl (C=O) groups is 1. The largest absolute Gasteiger partial charge is 0.507 e. The quantitative estimate of drug-likeness (QED) is 0.374. The number of benzene rings is 1. The zero-order valence-corrected chi connectivity index (χ0v) is 10.7. The maximum atomic E-state index is 11.4. The highest BCUT2D eigenvalue weighted by Crippen LogP contribution is 2.22. The summed E-state index contributed by atoms with van der Waals surface area (Å²) >= 11 is 5.09. The van der Waals surface area contributed by atoms with Gasteiger partial charge in [0.25, 0.3) is 0 Å². The summed E-state index contributed by atoms with van der Waals surface area (Å²) in [6, 6.07) is 4.76. The van der Waals surface area contributed by atoms with Crippen molar-refractivity contribution in [1.29, 1.82) is 0 Å². The van der Waals surface area contributed by atoms with Crippen LogP contribution in [0.1, 0.15) is 10.4 Å². The Balaban J connectivity index is 2.96. The van der Waals surface area contributed by atoms with Gasteiger partial charge in [-0.1, -0.05) is 15.9 Å². The normalized spacial score (nSPS) is 10.4. The minimum absolute atomic E-state index is 0.0255. The summed E-state index contributed by atoms with van der Waals surface area (Å²) in [6.45, 7) is 0. The number of halogens is 2. The van der Waals surface area contributed by atoms with Crippen LogP contribution >= 0.6 is 38.8 Å². The Bertz CT molecular complexity index is 379. The van der Waals surface area contributed by atoms with Crippen LogP contribution in [-0.2, 0) is 0 Å². The maximum Gasteiger partial charge on any atom is 0.191 e. The van der Waals surface area contributed by atoms with Crippen molar-refractivity contribution in [2.45, 2.75) is 0 Å². The van der Waals surface area contributed by atoms with E-state index in [1.807, 2.05) is 22.9 Å². The summed E-state index contributed by atoms with van der Waals surface area (Å²) in [6.07, 6.45) is 2.86. The van der Waals surface area contributed by atoms with Crippen LogP contribution in [0.4, 0.5) is 0 Å². The van der Waals surface area contributed by atoms with E-state index in [4.69, 9.17) is 0 Å². The van der Waals surface area contributed by atoms with E-state index in [9.17, 15) is 9.90 Å². The molecule has 1 aromatic carbocycles. The summed E-state index contributed by atoms with van der Waals surface area (Å²) in [5.74, 6) is -0.262. The molecule has 5 heteroatoms. The Morgan fingerprint density at radius 3 is 2.86 bits per heavy atom. The van der Waals surface area contributed by atoms with Crippen LogP contribution < -0.4 is 3.53 Å². The first kappa shape index (κ1) is 11.5. The molecule has 0 aromatic heterocycles. The molecule has 2 N–H and O–H groups in total. The Kier molecular flexibility index (Phi) is 4.40. The Morgan fingerprint density at radius 1 is 1.57 bits per heavy atom. The average molecular weight is 368 g/mol. The molecule has 0 atom stereocenters. The number of ketones is 1. The van der Waals surface area contributed by atoms with Crippen molar-refractivity contribution in [3.63, 3.8) is 0 Å². The van der Waals surface area contributed by atoms with E-state index in [1.54, 1.807) is 12.1 Å². The van der Waals surface area contributed by atoms with Gasteiger partial charge in [-0.05, 0) is 18.2 Å². The number of aromatic hydroxyl groups is 1. The van der Waals surface area contributed by atoms with Crippen LogP contribution in [-0.4, -0.2) is 10.9 Å². The van der Waals surface area contributed by atoms with E-state index in [0.29, 0.717) is 0 Å². The molecule has 3 nitrogen and oxygen atoms in total. The van der Waals surface area contributed by atoms with Crippen molar-refractivity contribution < 1.29 is 9.90 Å². The lowest BCUT2D eigenvalue weighted by Crippen LogP contribution is -1.96. The fraction of sp³-hybridized carbons (Fsp3) is 0. The van der Waals surface area contributed by atoms with Crippen molar-refractivity contribution in [3.8, 4) is 5.75 Å². The highest BCUT2D eigenvalue weighted by Gasteiger charge is 2.07. The van der Waals surface area contributed by atoms with Crippen LogP contribution in [0.5, 0.6) is 5.75 Å². The Hall–Kier alpha value is -0.560. The summed E-state index contributed by atoms with van der Waals surface area (Å²) in [5.41, 5.74) is 0.288. The van der Waals surface area contributed by atoms with Crippen molar-refractivity contribution in [1.82, 2.24) is 3.53 Å². The second kappa shape index (κ2) is 5.35. The SMILES string of the molecule is O=C(/C=C/NI)c1ccc(Br)cc1O. The van der Waals surface area contributed by atoms with Crippen LogP contribution in [0.2, 0.25) is 0 Å². The smallest absolute Gasteiger partial charge is 0.191 e. The van der Waals surface area contributed by atoms with Crippen LogP contribution in [0.15, 0.2) is 34.9 Å². The summed E-state index contributed by atoms with van der Waals surface area (Å²) in [4.78, 5) is 11.4. The highest BCUT2D eigenvalue weighted by molar-refractivity contribution is 14.1. The summed E-state index contributed by atoms with van der Waals surface area (Å²) < 4.78 is 3.42. The van der Waals surface area contributed by atoms with Crippen molar-refractivity contribution in [3.05, 3.63) is 40.5 Å². The lowest BCUT2D eigenvalue weighted by atomic mass is 10.1. The molecule has 0 saturated heterocycles. The summed E-state index contributed by atoms with van der Waals surface area (Å²) in [5, 5.41) is 9.45. The average Bonchev–Trinajstić information content (AvgIpc) is 2.14. The molecule has 0 heterocycles. The molecule has 0 aliphatic heterocycles. The van der Waals surface area contributed by atoms with Gasteiger partial charge >= 0.3 is 0 Å². The number of hydrogen-bond donors (Lipinski definition) is 2. The highest BCUT2D eigenvalue weighted by atomic mass is 127. The molecule has 14 heavy (non-hydrogen) atoms. The molecular formula is C9H7BrINO2. The fourth-order valence-electron chi connectivity index (χ4n) is 0.910. The Morgan fingerprint density at radius 2 is 2.29 bits per heavy atom. The van der Waals surface area contributed by atoms with Crippen molar-refractivity contribution in [2.24, 2.45) is 0 Å². The number of phenolic OH excluding ortho intramolecular Hbond substituents is 1. The van der Waals surface area contributed by atoms with Gasteiger partial charge in [0.1, 0.15) is 5.75 Å². The topological polar surface area (TPSA) is 49.3 Å². The standard InChI is InChI=1S/C9H7BrINO2/c10-6-1-2-7(9(14)5-6)8(13)3-4-12-11/h1-5,12,14H/b4-3+. The zero-order valence-electron chi connectivity index (χ0n) is 7.00. The maximum absolute atomic E-state index is 11.4. The molecular weight excluding hydrogens is 361 g/mol. The van der Waals surface area contributed by atoms with Crippen molar-refractivity contribution in [2.75, 3.05) is 0 Å². The van der Waals surface area contributed by atoms with Gasteiger partial charge in [0.2, 0.25) is 0 Å². The molecule has 1 aromatic rings. The molecule has 0 radical (unpaired) electrons. The van der Waals surface area contributed by atoms with Crippen LogP contribution in [0.25, 0.3) is 0 Å². The van der Waals surface area contributed by atoms with Gasteiger partial charge in [0, 0.05) is 16.7 Å². The van der Waals surface area contributed by atoms with Gasteiger partial charge < -0.3 is 8.64 Å². The molecule has 0 aliphatic carbocycles. The third kappa shape index (κ3) is 2.98. The van der Waals surface area contributed by atoms with Gasteiger partial charge in [0.05, 0.1) is 28.4 Å². The monoisotopic (exact) mass is 367 g/mol. The number of hydrogen-bond acceptors (Lipinski definition) is 3. The molecule has 0 spiro atoms. The molecule has 0 amide bonds. The van der Waals surface area contributed by atoms with Crippen LogP contribution in [0, 0.1) is 0 Å². The Labute approximate surface area is 104 Å². The van der Waals surface area contributed by atoms with E-state index >= 15 is 0 Å². The van der Waals surface area contributed by atoms with Gasteiger partial charge in [-0.15, -0.1) is 0 Å². The molecule has 0 bridgehead atoms. The van der Waals surface area contributed by atoms with Crippen LogP contribution in [0.3, 0.4) is 0 Å². The second-order valence-corrected chi connectivity index (χ2v) is 4.01. The molecule has 0 aliphatic rings. The predicted molar refractivity (Wildman–Crippen MR) is 66.4 cm³/mol. The third-order valence-corrected chi connectivity index (χ3v) is 2.38.